The van der Waals surface area contributed by atoms with Gasteiger partial charge < -0.3 is 23.9 Å². The minimum absolute atomic E-state index is 0.225. The van der Waals surface area contributed by atoms with E-state index in [1.807, 2.05) is 4.98 Å². The maximum atomic E-state index is 11.6. The molecule has 10 heteroatoms. The molecule has 1 saturated heterocycles. The second kappa shape index (κ2) is 5.43. The van der Waals surface area contributed by atoms with Gasteiger partial charge in [-0.15, -0.1) is 0 Å². The molecule has 9 nitrogen and oxygen atoms in total. The summed E-state index contributed by atoms with van der Waals surface area (Å²) in [6, 6.07) is 0. The summed E-state index contributed by atoms with van der Waals surface area (Å²) in [6.07, 6.45) is -4.01. The van der Waals surface area contributed by atoms with E-state index in [2.05, 4.69) is 20.1 Å². The Balaban J connectivity index is 2.43. The lowest BCUT2D eigenvalue weighted by atomic mass is 10.1. The third-order valence-electron chi connectivity index (χ3n) is 2.81. The monoisotopic (exact) mass is 338 g/mol. The molecule has 0 aliphatic carbocycles. The molecule has 0 bridgehead atoms. The van der Waals surface area contributed by atoms with Gasteiger partial charge in [0, 0.05) is 0 Å². The molecule has 0 aromatic carbocycles. The third kappa shape index (κ3) is 2.44. The van der Waals surface area contributed by atoms with Crippen molar-refractivity contribution in [2.24, 2.45) is 0 Å². The molecule has 4 atom stereocenters. The predicted molar refractivity (Wildman–Crippen MR) is 63.9 cm³/mol. The van der Waals surface area contributed by atoms with Crippen LogP contribution in [-0.4, -0.2) is 49.8 Å². The molecule has 1 aromatic rings. The molecule has 2 rings (SSSR count). The third-order valence-corrected chi connectivity index (χ3v) is 3.16. The zero-order valence-electron chi connectivity index (χ0n) is 9.39. The lowest BCUT2D eigenvalue weighted by Gasteiger charge is -2.17. The molecule has 0 spiro atoms. The maximum absolute atomic E-state index is 11.6. The molecule has 0 saturated carbocycles. The number of aromatic nitrogens is 2. The Hall–Kier alpha value is -1.20. The Morgan fingerprint density at radius 3 is 2.63 bits per heavy atom. The summed E-state index contributed by atoms with van der Waals surface area (Å²) in [6.45, 7) is -0.519. The van der Waals surface area contributed by atoms with Gasteiger partial charge in [-0.05, 0) is 0 Å². The molecule has 2 unspecified atom stereocenters. The van der Waals surface area contributed by atoms with Crippen molar-refractivity contribution in [1.82, 2.24) is 9.55 Å². The van der Waals surface area contributed by atoms with Crippen molar-refractivity contribution in [3.05, 3.63) is 27.0 Å². The summed E-state index contributed by atoms with van der Waals surface area (Å²) in [5.41, 5.74) is -1.60. The number of H-pyrrole nitrogens is 1. The lowest BCUT2D eigenvalue weighted by molar-refractivity contribution is -0.0551. The minimum atomic E-state index is -1.43. The predicted octanol–water partition coefficient (Wildman–Crippen LogP) is -2.16. The van der Waals surface area contributed by atoms with Crippen LogP contribution in [0.1, 0.15) is 6.23 Å². The number of hydrogen-bond donors (Lipinski definition) is 4. The fourth-order valence-corrected chi connectivity index (χ4v) is 2.05. The van der Waals surface area contributed by atoms with E-state index in [1.54, 1.807) is 0 Å². The Kier molecular flexibility index (Phi) is 4.06. The Morgan fingerprint density at radius 1 is 1.42 bits per heavy atom. The first kappa shape index (κ1) is 14.2. The first-order valence-corrected chi connectivity index (χ1v) is 5.91. The number of hydrogen-bond acceptors (Lipinski definition) is 7. The number of ether oxygens (including phenoxy) is 1. The van der Waals surface area contributed by atoms with E-state index in [0.717, 1.165) is 10.8 Å². The van der Waals surface area contributed by atoms with Crippen molar-refractivity contribution in [3.8, 4) is 5.75 Å². The number of halogens is 1. The molecule has 0 amide bonds. The van der Waals surface area contributed by atoms with Gasteiger partial charge in [-0.2, -0.15) is 0 Å². The highest BCUT2D eigenvalue weighted by Gasteiger charge is 2.43. The summed E-state index contributed by atoms with van der Waals surface area (Å²) < 4.78 is 10.6. The van der Waals surface area contributed by atoms with E-state index >= 15 is 0 Å². The van der Waals surface area contributed by atoms with Crippen LogP contribution in [0.25, 0.3) is 0 Å². The van der Waals surface area contributed by atoms with E-state index in [0.29, 0.717) is 0 Å². The Labute approximate surface area is 114 Å². The highest BCUT2D eigenvalue weighted by atomic mass is 79.9. The Morgan fingerprint density at radius 2 is 2.11 bits per heavy atom. The molecular weight excluding hydrogens is 328 g/mol. The lowest BCUT2D eigenvalue weighted by Crippen LogP contribution is -2.38. The molecular formula is C9H11BrN2O7. The zero-order chi connectivity index (χ0) is 14.2. The van der Waals surface area contributed by atoms with Gasteiger partial charge in [-0.25, -0.2) is 4.79 Å². The van der Waals surface area contributed by atoms with E-state index < -0.39 is 42.4 Å². The number of aliphatic hydroxyl groups is 3. The molecule has 1 aromatic heterocycles. The largest absolute Gasteiger partial charge is 0.410 e. The van der Waals surface area contributed by atoms with Crippen LogP contribution in [-0.2, 0) is 4.74 Å². The molecule has 19 heavy (non-hydrogen) atoms. The average Bonchev–Trinajstić information content (AvgIpc) is 2.67. The number of aliphatic hydroxyl groups excluding tert-OH is 3. The van der Waals surface area contributed by atoms with Crippen molar-refractivity contribution in [1.29, 1.82) is 0 Å². The average molecular weight is 339 g/mol. The van der Waals surface area contributed by atoms with Crippen LogP contribution in [0.3, 0.4) is 0 Å². The highest BCUT2D eigenvalue weighted by molar-refractivity contribution is 9.06. The van der Waals surface area contributed by atoms with E-state index in [1.165, 1.54) is 0 Å². The van der Waals surface area contributed by atoms with Crippen LogP contribution in [0.15, 0.2) is 15.8 Å². The van der Waals surface area contributed by atoms with Gasteiger partial charge in [-0.1, -0.05) is 0 Å². The van der Waals surface area contributed by atoms with Crippen LogP contribution in [0.2, 0.25) is 0 Å². The van der Waals surface area contributed by atoms with Gasteiger partial charge in [0.05, 0.1) is 12.8 Å². The first-order valence-electron chi connectivity index (χ1n) is 5.26. The standard InChI is InChI=1S/C9H11BrN2O7/c10-19-3-1-12(9(17)11-7(3)16)8-6(15)5(14)4(2-13)18-8/h1,4-6,8,13-15H,2H2,(H,11,16,17)/t4-,5?,6?,8-/m0/s1. The number of rotatable bonds is 3. The van der Waals surface area contributed by atoms with Crippen LogP contribution < -0.4 is 15.1 Å². The summed E-state index contributed by atoms with van der Waals surface area (Å²) in [4.78, 5) is 24.9. The Bertz CT molecular complexity index is 570. The van der Waals surface area contributed by atoms with Crippen molar-refractivity contribution >= 4 is 16.3 Å². The van der Waals surface area contributed by atoms with Gasteiger partial charge in [0.15, 0.2) is 22.5 Å². The van der Waals surface area contributed by atoms with Gasteiger partial charge in [0.2, 0.25) is 5.75 Å². The van der Waals surface area contributed by atoms with Crippen LogP contribution >= 0.6 is 16.3 Å². The topological polar surface area (TPSA) is 134 Å². The number of nitrogens with one attached hydrogen (secondary N) is 1. The minimum Gasteiger partial charge on any atom is -0.410 e. The van der Waals surface area contributed by atoms with Crippen molar-refractivity contribution in [3.63, 3.8) is 0 Å². The normalized spacial score (nSPS) is 30.5. The van der Waals surface area contributed by atoms with Crippen molar-refractivity contribution in [2.75, 3.05) is 6.61 Å². The highest BCUT2D eigenvalue weighted by Crippen LogP contribution is 2.28. The van der Waals surface area contributed by atoms with E-state index in [9.17, 15) is 19.8 Å². The second-order valence-corrected chi connectivity index (χ2v) is 4.29. The zero-order valence-corrected chi connectivity index (χ0v) is 11.0. The fourth-order valence-electron chi connectivity index (χ4n) is 1.82. The molecule has 0 radical (unpaired) electrons. The van der Waals surface area contributed by atoms with Gasteiger partial charge in [0.25, 0.3) is 5.56 Å². The SMILES string of the molecule is O=c1[nH]c(=O)n([C@H]2O[C@@H](CO)C(O)C2O)cc1OBr. The molecule has 1 fully saturated rings. The van der Waals surface area contributed by atoms with Gasteiger partial charge in [0.1, 0.15) is 18.3 Å². The van der Waals surface area contributed by atoms with Crippen LogP contribution in [0.4, 0.5) is 0 Å². The molecule has 106 valence electrons. The van der Waals surface area contributed by atoms with Crippen molar-refractivity contribution in [2.45, 2.75) is 24.5 Å². The van der Waals surface area contributed by atoms with Gasteiger partial charge >= 0.3 is 5.69 Å². The summed E-state index contributed by atoms with van der Waals surface area (Å²) >= 11 is 2.60. The van der Waals surface area contributed by atoms with E-state index in [4.69, 9.17) is 9.84 Å². The van der Waals surface area contributed by atoms with Crippen molar-refractivity contribution < 1.29 is 23.9 Å². The quantitative estimate of drug-likeness (QED) is 0.493. The molecule has 1 aliphatic heterocycles. The molecule has 2 heterocycles. The molecule has 1 aliphatic rings. The summed E-state index contributed by atoms with van der Waals surface area (Å²) in [5, 5.41) is 28.3. The number of nitrogens with zero attached hydrogens (tertiary/aromatic N) is 1. The molecule has 4 N–H and O–H groups in total. The van der Waals surface area contributed by atoms with Crippen LogP contribution in [0, 0.1) is 0 Å². The summed E-state index contributed by atoms with van der Waals surface area (Å²) in [5.74, 6) is -0.225. The smallest absolute Gasteiger partial charge is 0.330 e. The second-order valence-electron chi connectivity index (χ2n) is 3.97. The van der Waals surface area contributed by atoms with E-state index in [-0.39, 0.29) is 5.75 Å². The first-order chi connectivity index (χ1) is 8.99. The fraction of sp³-hybridized carbons (Fsp3) is 0.556. The number of aromatic amines is 1. The van der Waals surface area contributed by atoms with Gasteiger partial charge in [-0.3, -0.25) is 14.3 Å². The van der Waals surface area contributed by atoms with Crippen LogP contribution in [0.5, 0.6) is 5.75 Å². The maximum Gasteiger partial charge on any atom is 0.330 e. The summed E-state index contributed by atoms with van der Waals surface area (Å²) in [7, 11) is 0.